The number of nitrogens with one attached hydrogen (secondary N) is 1. The zero-order valence-corrected chi connectivity index (χ0v) is 16.6. The van der Waals surface area contributed by atoms with Crippen LogP contribution in [0.5, 0.6) is 11.5 Å². The number of ether oxygens (including phenoxy) is 2. The smallest absolute Gasteiger partial charge is 0.331 e. The molecule has 1 heterocycles. The molecule has 3 aromatic rings. The molecule has 0 saturated heterocycles. The van der Waals surface area contributed by atoms with Gasteiger partial charge in [-0.05, 0) is 54.4 Å². The molecule has 0 unspecified atom stereocenters. The van der Waals surface area contributed by atoms with E-state index in [2.05, 4.69) is 5.32 Å². The maximum Gasteiger partial charge on any atom is 0.331 e. The van der Waals surface area contributed by atoms with Crippen molar-refractivity contribution in [3.8, 4) is 11.5 Å². The summed E-state index contributed by atoms with van der Waals surface area (Å²) in [5.41, 5.74) is 3.53. The summed E-state index contributed by atoms with van der Waals surface area (Å²) in [6.45, 7) is 2.53. The Hall–Kier alpha value is -3.80. The molecule has 0 saturated carbocycles. The molecule has 1 amide bonds. The summed E-state index contributed by atoms with van der Waals surface area (Å²) in [5, 5.41) is 2.86. The SMILES string of the molecule is Cc1ccc2c(c1)N(CC(=O)Nc1ccc(OCc3ccccc3)cc1)CC(=O)O2. The third kappa shape index (κ3) is 4.78. The Morgan fingerprint density at radius 3 is 2.60 bits per heavy atom. The highest BCUT2D eigenvalue weighted by Gasteiger charge is 2.25. The Morgan fingerprint density at radius 2 is 1.83 bits per heavy atom. The molecule has 1 aliphatic rings. The van der Waals surface area contributed by atoms with E-state index in [1.807, 2.05) is 61.5 Å². The fourth-order valence-corrected chi connectivity index (χ4v) is 3.25. The van der Waals surface area contributed by atoms with Gasteiger partial charge in [0.2, 0.25) is 5.91 Å². The molecule has 30 heavy (non-hydrogen) atoms. The van der Waals surface area contributed by atoms with E-state index in [0.29, 0.717) is 18.0 Å². The van der Waals surface area contributed by atoms with E-state index in [1.54, 1.807) is 23.1 Å². The fourth-order valence-electron chi connectivity index (χ4n) is 3.25. The molecule has 0 radical (unpaired) electrons. The minimum atomic E-state index is -0.376. The fraction of sp³-hybridized carbons (Fsp3) is 0.167. The third-order valence-corrected chi connectivity index (χ3v) is 4.72. The van der Waals surface area contributed by atoms with E-state index in [-0.39, 0.29) is 25.0 Å². The highest BCUT2D eigenvalue weighted by atomic mass is 16.5. The number of hydrogen-bond donors (Lipinski definition) is 1. The van der Waals surface area contributed by atoms with Crippen molar-refractivity contribution in [3.05, 3.63) is 83.9 Å². The molecule has 0 bridgehead atoms. The lowest BCUT2D eigenvalue weighted by molar-refractivity contribution is -0.133. The van der Waals surface area contributed by atoms with Gasteiger partial charge in [0.05, 0.1) is 12.2 Å². The summed E-state index contributed by atoms with van der Waals surface area (Å²) in [6.07, 6.45) is 0. The molecule has 1 N–H and O–H groups in total. The summed E-state index contributed by atoms with van der Waals surface area (Å²) in [6, 6.07) is 22.7. The van der Waals surface area contributed by atoms with Gasteiger partial charge in [-0.15, -0.1) is 0 Å². The summed E-state index contributed by atoms with van der Waals surface area (Å²) in [4.78, 5) is 26.1. The van der Waals surface area contributed by atoms with Crippen LogP contribution in [0.3, 0.4) is 0 Å². The normalized spacial score (nSPS) is 12.7. The van der Waals surface area contributed by atoms with Gasteiger partial charge in [-0.2, -0.15) is 0 Å². The van der Waals surface area contributed by atoms with E-state index in [9.17, 15) is 9.59 Å². The number of rotatable bonds is 6. The second-order valence-corrected chi connectivity index (χ2v) is 7.15. The van der Waals surface area contributed by atoms with Crippen LogP contribution in [0, 0.1) is 6.92 Å². The first-order valence-corrected chi connectivity index (χ1v) is 9.70. The van der Waals surface area contributed by atoms with Crippen LogP contribution in [0.25, 0.3) is 0 Å². The molecule has 0 aliphatic carbocycles. The summed E-state index contributed by atoms with van der Waals surface area (Å²) in [7, 11) is 0. The van der Waals surface area contributed by atoms with Crippen LogP contribution in [0.2, 0.25) is 0 Å². The minimum Gasteiger partial charge on any atom is -0.489 e. The Bertz CT molecular complexity index is 1050. The van der Waals surface area contributed by atoms with Crippen LogP contribution < -0.4 is 19.7 Å². The van der Waals surface area contributed by atoms with E-state index >= 15 is 0 Å². The molecule has 0 fully saturated rings. The van der Waals surface area contributed by atoms with Crippen LogP contribution >= 0.6 is 0 Å². The van der Waals surface area contributed by atoms with Crippen LogP contribution in [0.4, 0.5) is 11.4 Å². The van der Waals surface area contributed by atoms with E-state index in [0.717, 1.165) is 22.6 Å². The molecule has 6 heteroatoms. The number of benzene rings is 3. The van der Waals surface area contributed by atoms with Gasteiger partial charge in [-0.3, -0.25) is 4.79 Å². The summed E-state index contributed by atoms with van der Waals surface area (Å²) < 4.78 is 11.0. The Kier molecular flexibility index (Phi) is 5.66. The number of fused-ring (bicyclic) bond motifs is 1. The summed E-state index contributed by atoms with van der Waals surface area (Å²) in [5.74, 6) is 0.610. The van der Waals surface area contributed by atoms with Crippen LogP contribution in [-0.2, 0) is 16.2 Å². The van der Waals surface area contributed by atoms with Crippen LogP contribution in [0.15, 0.2) is 72.8 Å². The molecule has 6 nitrogen and oxygen atoms in total. The number of hydrogen-bond acceptors (Lipinski definition) is 5. The van der Waals surface area contributed by atoms with E-state index in [1.165, 1.54) is 0 Å². The van der Waals surface area contributed by atoms with Crippen molar-refractivity contribution < 1.29 is 19.1 Å². The average molecular weight is 402 g/mol. The average Bonchev–Trinajstić information content (AvgIpc) is 2.74. The predicted octanol–water partition coefficient (Wildman–Crippen LogP) is 3.94. The van der Waals surface area contributed by atoms with Crippen molar-refractivity contribution in [1.82, 2.24) is 0 Å². The summed E-state index contributed by atoms with van der Waals surface area (Å²) >= 11 is 0. The molecular weight excluding hydrogens is 380 g/mol. The third-order valence-electron chi connectivity index (χ3n) is 4.72. The van der Waals surface area contributed by atoms with Crippen molar-refractivity contribution in [2.24, 2.45) is 0 Å². The zero-order chi connectivity index (χ0) is 20.9. The number of amides is 1. The van der Waals surface area contributed by atoms with Gasteiger partial charge >= 0.3 is 5.97 Å². The Morgan fingerprint density at radius 1 is 1.07 bits per heavy atom. The van der Waals surface area contributed by atoms with Gasteiger partial charge in [0.15, 0.2) is 5.75 Å². The van der Waals surface area contributed by atoms with Crippen molar-refractivity contribution in [2.45, 2.75) is 13.5 Å². The van der Waals surface area contributed by atoms with Crippen molar-refractivity contribution in [2.75, 3.05) is 23.3 Å². The molecule has 0 atom stereocenters. The molecule has 3 aromatic carbocycles. The Labute approximate surface area is 175 Å². The van der Waals surface area contributed by atoms with Gasteiger partial charge in [0.1, 0.15) is 18.9 Å². The largest absolute Gasteiger partial charge is 0.489 e. The van der Waals surface area contributed by atoms with E-state index < -0.39 is 0 Å². The molecular formula is C24H22N2O4. The van der Waals surface area contributed by atoms with E-state index in [4.69, 9.17) is 9.47 Å². The van der Waals surface area contributed by atoms with Crippen molar-refractivity contribution >= 4 is 23.3 Å². The van der Waals surface area contributed by atoms with Crippen molar-refractivity contribution in [3.63, 3.8) is 0 Å². The molecule has 1 aliphatic heterocycles. The minimum absolute atomic E-state index is 0.0378. The van der Waals surface area contributed by atoms with Gasteiger partial charge in [-0.25, -0.2) is 4.79 Å². The van der Waals surface area contributed by atoms with Crippen molar-refractivity contribution in [1.29, 1.82) is 0 Å². The molecule has 4 rings (SSSR count). The quantitative estimate of drug-likeness (QED) is 0.500. The number of carbonyl (C=O) groups excluding carboxylic acids is 2. The lowest BCUT2D eigenvalue weighted by atomic mass is 10.1. The molecule has 152 valence electrons. The van der Waals surface area contributed by atoms with Crippen LogP contribution in [0.1, 0.15) is 11.1 Å². The van der Waals surface area contributed by atoms with Gasteiger partial charge in [0.25, 0.3) is 0 Å². The number of nitrogens with zero attached hydrogens (tertiary/aromatic N) is 1. The Balaban J connectivity index is 1.35. The second-order valence-electron chi connectivity index (χ2n) is 7.15. The highest BCUT2D eigenvalue weighted by molar-refractivity contribution is 5.96. The molecule has 0 spiro atoms. The topological polar surface area (TPSA) is 67.9 Å². The maximum absolute atomic E-state index is 12.5. The number of esters is 1. The number of aryl methyl sites for hydroxylation is 1. The lowest BCUT2D eigenvalue weighted by Crippen LogP contribution is -2.41. The highest BCUT2D eigenvalue weighted by Crippen LogP contribution is 2.32. The first-order valence-electron chi connectivity index (χ1n) is 9.70. The number of carbonyl (C=O) groups is 2. The van der Waals surface area contributed by atoms with Gasteiger partial charge < -0.3 is 19.7 Å². The molecule has 0 aromatic heterocycles. The number of anilines is 2. The maximum atomic E-state index is 12.5. The van der Waals surface area contributed by atoms with Gasteiger partial charge in [0, 0.05) is 5.69 Å². The lowest BCUT2D eigenvalue weighted by Gasteiger charge is -2.29. The monoisotopic (exact) mass is 402 g/mol. The second kappa shape index (κ2) is 8.69. The standard InChI is InChI=1S/C24H22N2O4/c1-17-7-12-22-21(13-17)26(15-24(28)30-22)14-23(27)25-19-8-10-20(11-9-19)29-16-18-5-3-2-4-6-18/h2-13H,14-16H2,1H3,(H,25,27). The first kappa shape index (κ1) is 19.5. The van der Waals surface area contributed by atoms with Crippen LogP contribution in [-0.4, -0.2) is 25.0 Å². The first-order chi connectivity index (χ1) is 14.6. The predicted molar refractivity (Wildman–Crippen MR) is 115 cm³/mol. The zero-order valence-electron chi connectivity index (χ0n) is 16.6. The van der Waals surface area contributed by atoms with Gasteiger partial charge in [-0.1, -0.05) is 36.4 Å².